The SMILES string of the molecule is COCCCOc1cc(C[C@@H](C[C@H](NC(=O)OCc2ccccc2)C(=O)N2CCOC2=O)C(C)C)ccc1OC. The second-order valence-electron chi connectivity index (χ2n) is 9.99. The number of alkyl carbamates (subject to hydrolysis) is 1. The van der Waals surface area contributed by atoms with Crippen LogP contribution < -0.4 is 14.8 Å². The fraction of sp³-hybridized carbons (Fsp3) is 0.500. The predicted octanol–water partition coefficient (Wildman–Crippen LogP) is 4.59. The third-order valence-electron chi connectivity index (χ3n) is 6.79. The van der Waals surface area contributed by atoms with Crippen molar-refractivity contribution >= 4 is 18.1 Å². The lowest BCUT2D eigenvalue weighted by molar-refractivity contribution is -0.130. The number of carbonyl (C=O) groups excluding carboxylic acids is 3. The highest BCUT2D eigenvalue weighted by Gasteiger charge is 2.36. The highest BCUT2D eigenvalue weighted by atomic mass is 16.6. The number of ether oxygens (including phenoxy) is 5. The molecule has 3 amide bonds. The van der Waals surface area contributed by atoms with Crippen LogP contribution in [0, 0.1) is 11.8 Å². The Kier molecular flexibility index (Phi) is 12.1. The van der Waals surface area contributed by atoms with Gasteiger partial charge in [0.2, 0.25) is 0 Å². The van der Waals surface area contributed by atoms with Gasteiger partial charge in [-0.2, -0.15) is 0 Å². The molecule has 0 aliphatic carbocycles. The van der Waals surface area contributed by atoms with Gasteiger partial charge in [-0.05, 0) is 47.9 Å². The Morgan fingerprint density at radius 3 is 2.45 bits per heavy atom. The van der Waals surface area contributed by atoms with Crippen molar-refractivity contribution in [1.29, 1.82) is 0 Å². The van der Waals surface area contributed by atoms with E-state index >= 15 is 0 Å². The van der Waals surface area contributed by atoms with E-state index in [0.29, 0.717) is 37.6 Å². The number of methoxy groups -OCH3 is 2. The van der Waals surface area contributed by atoms with E-state index in [1.165, 1.54) is 0 Å². The molecule has 1 saturated heterocycles. The van der Waals surface area contributed by atoms with Crippen molar-refractivity contribution in [2.45, 2.75) is 45.8 Å². The molecular weight excluding hydrogens is 516 g/mol. The highest BCUT2D eigenvalue weighted by Crippen LogP contribution is 2.31. The fourth-order valence-corrected chi connectivity index (χ4v) is 4.45. The Morgan fingerprint density at radius 2 is 1.80 bits per heavy atom. The first kappa shape index (κ1) is 30.7. The van der Waals surface area contributed by atoms with Gasteiger partial charge < -0.3 is 29.0 Å². The summed E-state index contributed by atoms with van der Waals surface area (Å²) in [6.07, 6.45) is 0.226. The molecule has 0 unspecified atom stereocenters. The van der Waals surface area contributed by atoms with Crippen LogP contribution in [0.3, 0.4) is 0 Å². The minimum atomic E-state index is -0.968. The summed E-state index contributed by atoms with van der Waals surface area (Å²) in [5.41, 5.74) is 1.82. The average molecular weight is 557 g/mol. The molecule has 40 heavy (non-hydrogen) atoms. The molecule has 1 fully saturated rings. The first-order valence-electron chi connectivity index (χ1n) is 13.6. The Labute approximate surface area is 235 Å². The van der Waals surface area contributed by atoms with Crippen LogP contribution in [0.4, 0.5) is 9.59 Å². The number of rotatable bonds is 15. The minimum absolute atomic E-state index is 0.0169. The van der Waals surface area contributed by atoms with Gasteiger partial charge in [-0.15, -0.1) is 0 Å². The third-order valence-corrected chi connectivity index (χ3v) is 6.79. The molecule has 2 aromatic rings. The summed E-state index contributed by atoms with van der Waals surface area (Å²) in [5, 5.41) is 2.71. The monoisotopic (exact) mass is 556 g/mol. The molecule has 10 nitrogen and oxygen atoms in total. The van der Waals surface area contributed by atoms with Crippen LogP contribution in [0.25, 0.3) is 0 Å². The number of cyclic esters (lactones) is 1. The largest absolute Gasteiger partial charge is 0.493 e. The van der Waals surface area contributed by atoms with Crippen molar-refractivity contribution in [2.75, 3.05) is 40.6 Å². The van der Waals surface area contributed by atoms with Gasteiger partial charge >= 0.3 is 12.2 Å². The fourth-order valence-electron chi connectivity index (χ4n) is 4.45. The number of benzene rings is 2. The number of hydrogen-bond donors (Lipinski definition) is 1. The lowest BCUT2D eigenvalue weighted by Gasteiger charge is -2.28. The number of nitrogens with zero attached hydrogens (tertiary/aromatic N) is 1. The van der Waals surface area contributed by atoms with Crippen LogP contribution in [0.15, 0.2) is 48.5 Å². The second kappa shape index (κ2) is 15.7. The number of amides is 3. The highest BCUT2D eigenvalue weighted by molar-refractivity contribution is 5.97. The van der Waals surface area contributed by atoms with Crippen LogP contribution in [0.2, 0.25) is 0 Å². The zero-order valence-electron chi connectivity index (χ0n) is 23.7. The number of hydrogen-bond acceptors (Lipinski definition) is 8. The maximum absolute atomic E-state index is 13.4. The van der Waals surface area contributed by atoms with Crippen LogP contribution in [0.5, 0.6) is 11.5 Å². The standard InChI is InChI=1S/C30H40N2O8/c1-21(2)24(17-23-11-12-26(37-4)27(18-23)38-15-8-14-36-3)19-25(28(33)32-13-16-39-30(32)35)31-29(34)40-20-22-9-6-5-7-10-22/h5-7,9-12,18,21,24-25H,8,13-17,19-20H2,1-4H3,(H,31,34)/t24-,25-/m0/s1. The zero-order chi connectivity index (χ0) is 28.9. The molecule has 2 atom stereocenters. The van der Waals surface area contributed by atoms with E-state index in [9.17, 15) is 14.4 Å². The normalized spacial score (nSPS) is 14.4. The molecule has 1 aliphatic rings. The first-order valence-corrected chi connectivity index (χ1v) is 13.6. The molecule has 2 aromatic carbocycles. The quantitative estimate of drug-likeness (QED) is 0.317. The zero-order valence-corrected chi connectivity index (χ0v) is 23.7. The van der Waals surface area contributed by atoms with E-state index in [1.54, 1.807) is 14.2 Å². The maximum atomic E-state index is 13.4. The van der Waals surface area contributed by atoms with Gasteiger partial charge in [-0.1, -0.05) is 50.2 Å². The Balaban J connectivity index is 1.74. The van der Waals surface area contributed by atoms with E-state index in [0.717, 1.165) is 22.4 Å². The van der Waals surface area contributed by atoms with Crippen LogP contribution in [-0.4, -0.2) is 69.6 Å². The van der Waals surface area contributed by atoms with Crippen LogP contribution >= 0.6 is 0 Å². The number of imide groups is 1. The third kappa shape index (κ3) is 9.15. The molecule has 0 aromatic heterocycles. The van der Waals surface area contributed by atoms with Gasteiger partial charge in [0.15, 0.2) is 11.5 Å². The van der Waals surface area contributed by atoms with Gasteiger partial charge in [0.1, 0.15) is 19.3 Å². The van der Waals surface area contributed by atoms with Gasteiger partial charge in [0.25, 0.3) is 5.91 Å². The lowest BCUT2D eigenvalue weighted by atomic mass is 9.83. The maximum Gasteiger partial charge on any atom is 0.416 e. The smallest absolute Gasteiger partial charge is 0.416 e. The van der Waals surface area contributed by atoms with E-state index in [-0.39, 0.29) is 31.6 Å². The van der Waals surface area contributed by atoms with Gasteiger partial charge in [-0.3, -0.25) is 4.79 Å². The van der Waals surface area contributed by atoms with E-state index in [1.807, 2.05) is 48.5 Å². The lowest BCUT2D eigenvalue weighted by Crippen LogP contribution is -2.50. The molecule has 3 rings (SSSR count). The molecule has 1 aliphatic heterocycles. The van der Waals surface area contributed by atoms with Crippen molar-refractivity contribution in [3.05, 3.63) is 59.7 Å². The molecule has 0 saturated carbocycles. The number of carbonyl (C=O) groups is 3. The predicted molar refractivity (Wildman–Crippen MR) is 148 cm³/mol. The van der Waals surface area contributed by atoms with Gasteiger partial charge in [0, 0.05) is 20.1 Å². The molecule has 218 valence electrons. The Bertz CT molecular complexity index is 1110. The van der Waals surface area contributed by atoms with E-state index < -0.39 is 24.1 Å². The van der Waals surface area contributed by atoms with Crippen molar-refractivity contribution in [1.82, 2.24) is 10.2 Å². The molecule has 0 radical (unpaired) electrons. The molecule has 1 N–H and O–H groups in total. The van der Waals surface area contributed by atoms with E-state index in [4.69, 9.17) is 23.7 Å². The molecule has 10 heteroatoms. The summed E-state index contributed by atoms with van der Waals surface area (Å²) in [6.45, 7) is 5.54. The molecule has 0 spiro atoms. The van der Waals surface area contributed by atoms with Gasteiger partial charge in [0.05, 0.1) is 20.3 Å². The summed E-state index contributed by atoms with van der Waals surface area (Å²) in [7, 11) is 3.24. The Hall–Kier alpha value is -3.79. The van der Waals surface area contributed by atoms with Crippen LogP contribution in [-0.2, 0) is 32.0 Å². The van der Waals surface area contributed by atoms with E-state index in [2.05, 4.69) is 19.2 Å². The average Bonchev–Trinajstić information content (AvgIpc) is 3.39. The van der Waals surface area contributed by atoms with Crippen molar-refractivity contribution in [3.63, 3.8) is 0 Å². The molecule has 0 bridgehead atoms. The Morgan fingerprint density at radius 1 is 1.02 bits per heavy atom. The minimum Gasteiger partial charge on any atom is -0.493 e. The van der Waals surface area contributed by atoms with Crippen LogP contribution in [0.1, 0.15) is 37.8 Å². The van der Waals surface area contributed by atoms with Gasteiger partial charge in [-0.25, -0.2) is 14.5 Å². The summed E-state index contributed by atoms with van der Waals surface area (Å²) in [4.78, 5) is 39.3. The summed E-state index contributed by atoms with van der Waals surface area (Å²) < 4.78 is 26.8. The first-order chi connectivity index (χ1) is 19.3. The summed E-state index contributed by atoms with van der Waals surface area (Å²) >= 11 is 0. The molecule has 1 heterocycles. The van der Waals surface area contributed by atoms with Crippen molar-refractivity contribution in [2.24, 2.45) is 11.8 Å². The second-order valence-corrected chi connectivity index (χ2v) is 9.99. The summed E-state index contributed by atoms with van der Waals surface area (Å²) in [5.74, 6) is 0.897. The number of nitrogens with one attached hydrogen (secondary N) is 1. The summed E-state index contributed by atoms with van der Waals surface area (Å²) in [6, 6.07) is 14.1. The molecular formula is C30H40N2O8. The topological polar surface area (TPSA) is 113 Å². The van der Waals surface area contributed by atoms with Crippen molar-refractivity contribution in [3.8, 4) is 11.5 Å². The van der Waals surface area contributed by atoms with Crippen molar-refractivity contribution < 1.29 is 38.1 Å².